The first kappa shape index (κ1) is 14.2. The molecule has 0 radical (unpaired) electrons. The van der Waals surface area contributed by atoms with Crippen molar-refractivity contribution in [3.63, 3.8) is 0 Å². The molecular formula is C17H17Br2N. The van der Waals surface area contributed by atoms with Crippen molar-refractivity contribution in [3.8, 4) is 0 Å². The molecule has 0 saturated heterocycles. The first-order chi connectivity index (χ1) is 9.65. The van der Waals surface area contributed by atoms with Crippen molar-refractivity contribution in [2.75, 3.05) is 5.32 Å². The second kappa shape index (κ2) is 5.90. The molecule has 3 heteroatoms. The summed E-state index contributed by atoms with van der Waals surface area (Å²) in [6.45, 7) is 2.12. The summed E-state index contributed by atoms with van der Waals surface area (Å²) in [5, 5.41) is 3.64. The molecule has 2 aromatic carbocycles. The lowest BCUT2D eigenvalue weighted by Crippen LogP contribution is -2.34. The van der Waals surface area contributed by atoms with E-state index in [0.29, 0.717) is 12.0 Å². The van der Waals surface area contributed by atoms with Crippen molar-refractivity contribution in [1.29, 1.82) is 0 Å². The Morgan fingerprint density at radius 1 is 1.00 bits per heavy atom. The van der Waals surface area contributed by atoms with E-state index < -0.39 is 0 Å². The lowest BCUT2D eigenvalue weighted by Gasteiger charge is -2.37. The van der Waals surface area contributed by atoms with Gasteiger partial charge in [-0.1, -0.05) is 46.3 Å². The number of nitrogens with one attached hydrogen (secondary N) is 1. The van der Waals surface area contributed by atoms with Gasteiger partial charge in [-0.25, -0.2) is 0 Å². The zero-order valence-electron chi connectivity index (χ0n) is 11.4. The van der Waals surface area contributed by atoms with E-state index in [1.165, 1.54) is 38.6 Å². The van der Waals surface area contributed by atoms with Gasteiger partial charge in [-0.05, 0) is 64.9 Å². The standard InChI is InChI=1S/C17H17Br2N/c1-11-5-4-8-16(17(11)19)20-13-9-12(10-13)14-6-2-3-7-15(14)18/h2-8,12-13,20H,9-10H2,1H3. The van der Waals surface area contributed by atoms with E-state index in [1.54, 1.807) is 0 Å². The molecule has 0 aromatic heterocycles. The third kappa shape index (κ3) is 2.79. The van der Waals surface area contributed by atoms with Crippen LogP contribution in [0.5, 0.6) is 0 Å². The van der Waals surface area contributed by atoms with Gasteiger partial charge in [-0.2, -0.15) is 0 Å². The Hall–Kier alpha value is -0.800. The molecule has 0 heterocycles. The molecule has 0 unspecified atom stereocenters. The number of halogens is 2. The van der Waals surface area contributed by atoms with Crippen LogP contribution in [-0.2, 0) is 0 Å². The van der Waals surface area contributed by atoms with E-state index in [2.05, 4.69) is 86.6 Å². The Kier molecular flexibility index (Phi) is 4.18. The van der Waals surface area contributed by atoms with Crippen LogP contribution in [0.1, 0.15) is 29.9 Å². The van der Waals surface area contributed by atoms with Gasteiger partial charge in [0.1, 0.15) is 0 Å². The molecule has 20 heavy (non-hydrogen) atoms. The summed E-state index contributed by atoms with van der Waals surface area (Å²) >= 11 is 7.32. The van der Waals surface area contributed by atoms with Crippen LogP contribution in [0.25, 0.3) is 0 Å². The van der Waals surface area contributed by atoms with Crippen molar-refractivity contribution in [3.05, 3.63) is 62.5 Å². The first-order valence-electron chi connectivity index (χ1n) is 6.91. The molecule has 2 aromatic rings. The average molecular weight is 395 g/mol. The largest absolute Gasteiger partial charge is 0.381 e. The first-order valence-corrected chi connectivity index (χ1v) is 8.50. The number of rotatable bonds is 3. The third-order valence-corrected chi connectivity index (χ3v) is 5.81. The van der Waals surface area contributed by atoms with Crippen LogP contribution >= 0.6 is 31.9 Å². The Morgan fingerprint density at radius 3 is 2.50 bits per heavy atom. The van der Waals surface area contributed by atoms with Gasteiger partial charge in [0.05, 0.1) is 0 Å². The highest BCUT2D eigenvalue weighted by Gasteiger charge is 2.31. The molecule has 1 fully saturated rings. The second-order valence-corrected chi connectivity index (χ2v) is 7.11. The van der Waals surface area contributed by atoms with Crippen LogP contribution in [0.3, 0.4) is 0 Å². The molecule has 0 atom stereocenters. The Balaban J connectivity index is 1.64. The molecule has 1 aliphatic carbocycles. The number of anilines is 1. The smallest absolute Gasteiger partial charge is 0.0489 e. The summed E-state index contributed by atoms with van der Waals surface area (Å²) in [5.74, 6) is 0.673. The molecule has 3 rings (SSSR count). The van der Waals surface area contributed by atoms with E-state index in [4.69, 9.17) is 0 Å². The van der Waals surface area contributed by atoms with E-state index >= 15 is 0 Å². The van der Waals surface area contributed by atoms with Crippen LogP contribution in [0.4, 0.5) is 5.69 Å². The minimum absolute atomic E-state index is 0.574. The third-order valence-electron chi connectivity index (χ3n) is 4.03. The topological polar surface area (TPSA) is 12.0 Å². The second-order valence-electron chi connectivity index (χ2n) is 5.47. The molecule has 1 aliphatic rings. The van der Waals surface area contributed by atoms with E-state index in [1.807, 2.05) is 0 Å². The van der Waals surface area contributed by atoms with Crippen molar-refractivity contribution < 1.29 is 0 Å². The highest BCUT2D eigenvalue weighted by molar-refractivity contribution is 9.11. The van der Waals surface area contributed by atoms with Crippen LogP contribution in [0.2, 0.25) is 0 Å². The fourth-order valence-electron chi connectivity index (χ4n) is 2.77. The van der Waals surface area contributed by atoms with Gasteiger partial charge in [0.25, 0.3) is 0 Å². The van der Waals surface area contributed by atoms with Gasteiger partial charge in [-0.15, -0.1) is 0 Å². The van der Waals surface area contributed by atoms with Crippen molar-refractivity contribution in [2.24, 2.45) is 0 Å². The van der Waals surface area contributed by atoms with Gasteiger partial charge in [-0.3, -0.25) is 0 Å². The number of aryl methyl sites for hydroxylation is 1. The number of benzene rings is 2. The summed E-state index contributed by atoms with van der Waals surface area (Å²) < 4.78 is 2.42. The fraction of sp³-hybridized carbons (Fsp3) is 0.294. The lowest BCUT2D eigenvalue weighted by atomic mass is 9.76. The maximum absolute atomic E-state index is 3.66. The van der Waals surface area contributed by atoms with E-state index in [0.717, 1.165) is 0 Å². The zero-order chi connectivity index (χ0) is 14.1. The molecule has 0 spiro atoms. The lowest BCUT2D eigenvalue weighted by molar-refractivity contribution is 0.373. The summed E-state index contributed by atoms with van der Waals surface area (Å²) in [6, 6.07) is 15.5. The predicted molar refractivity (Wildman–Crippen MR) is 92.4 cm³/mol. The summed E-state index contributed by atoms with van der Waals surface area (Å²) in [5.41, 5.74) is 3.92. The quantitative estimate of drug-likeness (QED) is 0.685. The van der Waals surface area contributed by atoms with Gasteiger partial charge < -0.3 is 5.32 Å². The Labute approximate surface area is 137 Å². The maximum atomic E-state index is 3.66. The van der Waals surface area contributed by atoms with Gasteiger partial charge in [0.2, 0.25) is 0 Å². The van der Waals surface area contributed by atoms with Gasteiger partial charge in [0, 0.05) is 20.7 Å². The molecule has 0 bridgehead atoms. The molecule has 1 saturated carbocycles. The number of hydrogen-bond acceptors (Lipinski definition) is 1. The van der Waals surface area contributed by atoms with Gasteiger partial charge >= 0.3 is 0 Å². The summed E-state index contributed by atoms with van der Waals surface area (Å²) in [4.78, 5) is 0. The van der Waals surface area contributed by atoms with Crippen LogP contribution in [0.15, 0.2) is 51.4 Å². The monoisotopic (exact) mass is 393 g/mol. The molecular weight excluding hydrogens is 378 g/mol. The molecule has 104 valence electrons. The van der Waals surface area contributed by atoms with Crippen LogP contribution < -0.4 is 5.32 Å². The van der Waals surface area contributed by atoms with Crippen LogP contribution in [-0.4, -0.2) is 6.04 Å². The molecule has 0 aliphatic heterocycles. The van der Waals surface area contributed by atoms with Gasteiger partial charge in [0.15, 0.2) is 0 Å². The highest BCUT2D eigenvalue weighted by Crippen LogP contribution is 2.42. The van der Waals surface area contributed by atoms with Crippen molar-refractivity contribution in [2.45, 2.75) is 31.7 Å². The minimum atomic E-state index is 0.574. The summed E-state index contributed by atoms with van der Waals surface area (Å²) in [6.07, 6.45) is 2.39. The predicted octanol–water partition coefficient (Wildman–Crippen LogP) is 5.88. The molecule has 1 N–H and O–H groups in total. The summed E-state index contributed by atoms with van der Waals surface area (Å²) in [7, 11) is 0. The van der Waals surface area contributed by atoms with E-state index in [-0.39, 0.29) is 0 Å². The normalized spacial score (nSPS) is 21.4. The zero-order valence-corrected chi connectivity index (χ0v) is 14.5. The number of hydrogen-bond donors (Lipinski definition) is 1. The Bertz CT molecular complexity index is 618. The Morgan fingerprint density at radius 2 is 1.75 bits per heavy atom. The SMILES string of the molecule is Cc1cccc(NC2CC(c3ccccc3Br)C2)c1Br. The fourth-order valence-corrected chi connectivity index (χ4v) is 3.76. The minimum Gasteiger partial charge on any atom is -0.381 e. The van der Waals surface area contributed by atoms with Crippen molar-refractivity contribution >= 4 is 37.5 Å². The van der Waals surface area contributed by atoms with Crippen LogP contribution in [0, 0.1) is 6.92 Å². The molecule has 0 amide bonds. The van der Waals surface area contributed by atoms with Crippen molar-refractivity contribution in [1.82, 2.24) is 0 Å². The average Bonchev–Trinajstić information content (AvgIpc) is 2.39. The maximum Gasteiger partial charge on any atom is 0.0489 e. The van der Waals surface area contributed by atoms with E-state index in [9.17, 15) is 0 Å². The molecule has 1 nitrogen and oxygen atoms in total. The highest BCUT2D eigenvalue weighted by atomic mass is 79.9.